The normalized spacial score (nSPS) is 26.7. The van der Waals surface area contributed by atoms with Crippen molar-refractivity contribution in [2.75, 3.05) is 0 Å². The van der Waals surface area contributed by atoms with Gasteiger partial charge >= 0.3 is 0 Å². The molecular weight excluding hydrogens is 186 g/mol. The zero-order chi connectivity index (χ0) is 10.5. The van der Waals surface area contributed by atoms with E-state index in [-0.39, 0.29) is 0 Å². The number of nitrogens with one attached hydrogen (secondary N) is 1. The van der Waals surface area contributed by atoms with Crippen molar-refractivity contribution in [1.29, 1.82) is 0 Å². The molecule has 1 aromatic heterocycles. The Balaban J connectivity index is 1.81. The summed E-state index contributed by atoms with van der Waals surface area (Å²) in [6, 6.07) is 2.76. The van der Waals surface area contributed by atoms with Gasteiger partial charge in [-0.2, -0.15) is 0 Å². The first kappa shape index (κ1) is 10.7. The van der Waals surface area contributed by atoms with Crippen molar-refractivity contribution in [2.24, 2.45) is 5.92 Å². The van der Waals surface area contributed by atoms with Crippen molar-refractivity contribution in [2.45, 2.75) is 51.6 Å². The van der Waals surface area contributed by atoms with Crippen molar-refractivity contribution < 1.29 is 4.42 Å². The summed E-state index contributed by atoms with van der Waals surface area (Å²) in [5, 5.41) is 3.66. The van der Waals surface area contributed by atoms with E-state index in [1.165, 1.54) is 37.7 Å². The highest BCUT2D eigenvalue weighted by Crippen LogP contribution is 2.26. The second-order valence-corrected chi connectivity index (χ2v) is 4.57. The van der Waals surface area contributed by atoms with Gasteiger partial charge in [-0.25, -0.2) is 0 Å². The summed E-state index contributed by atoms with van der Waals surface area (Å²) in [6.07, 6.45) is 10.4. The van der Waals surface area contributed by atoms with Crippen LogP contribution in [0, 0.1) is 5.92 Å². The van der Waals surface area contributed by atoms with Crippen LogP contribution in [0.4, 0.5) is 0 Å². The summed E-state index contributed by atoms with van der Waals surface area (Å²) in [5.74, 6) is 0.880. The van der Waals surface area contributed by atoms with Crippen LogP contribution in [0.3, 0.4) is 0 Å². The smallest absolute Gasteiger partial charge is 0.0947 e. The highest BCUT2D eigenvalue weighted by atomic mass is 16.3. The van der Waals surface area contributed by atoms with Crippen LogP contribution in [0.15, 0.2) is 23.0 Å². The molecule has 1 fully saturated rings. The molecule has 2 nitrogen and oxygen atoms in total. The molecule has 2 heteroatoms. The molecule has 0 radical (unpaired) electrons. The van der Waals surface area contributed by atoms with Crippen LogP contribution in [-0.2, 0) is 6.54 Å². The van der Waals surface area contributed by atoms with Crippen molar-refractivity contribution in [3.63, 3.8) is 0 Å². The Bertz CT molecular complexity index is 268. The molecule has 84 valence electrons. The van der Waals surface area contributed by atoms with Gasteiger partial charge in [0, 0.05) is 18.2 Å². The molecule has 2 unspecified atom stereocenters. The van der Waals surface area contributed by atoms with Gasteiger partial charge in [0.05, 0.1) is 12.5 Å². The minimum Gasteiger partial charge on any atom is -0.472 e. The lowest BCUT2D eigenvalue weighted by molar-refractivity contribution is 0.254. The predicted molar refractivity (Wildman–Crippen MR) is 61.6 cm³/mol. The number of hydrogen-bond acceptors (Lipinski definition) is 2. The summed E-state index contributed by atoms with van der Waals surface area (Å²) in [5.41, 5.74) is 1.26. The van der Waals surface area contributed by atoms with Crippen LogP contribution in [-0.4, -0.2) is 6.04 Å². The Labute approximate surface area is 92.1 Å². The molecule has 0 bridgehead atoms. The van der Waals surface area contributed by atoms with Crippen LogP contribution < -0.4 is 5.32 Å². The third-order valence-corrected chi connectivity index (χ3v) is 3.58. The Morgan fingerprint density at radius 1 is 1.40 bits per heavy atom. The second kappa shape index (κ2) is 5.36. The first-order valence-electron chi connectivity index (χ1n) is 6.14. The van der Waals surface area contributed by atoms with Crippen molar-refractivity contribution in [3.05, 3.63) is 24.2 Å². The maximum atomic E-state index is 5.07. The standard InChI is InChI=1S/C13H21NO/c1-2-12-5-3-4-6-13(12)14-9-11-7-8-15-10-11/h7-8,10,12-14H,2-6,9H2,1H3. The van der Waals surface area contributed by atoms with Crippen LogP contribution >= 0.6 is 0 Å². The summed E-state index contributed by atoms with van der Waals surface area (Å²) < 4.78 is 5.07. The minimum atomic E-state index is 0.721. The quantitative estimate of drug-likeness (QED) is 0.819. The van der Waals surface area contributed by atoms with Gasteiger partial charge in [-0.1, -0.05) is 26.2 Å². The zero-order valence-electron chi connectivity index (χ0n) is 9.54. The molecule has 0 aliphatic heterocycles. The van der Waals surface area contributed by atoms with Crippen LogP contribution in [0.25, 0.3) is 0 Å². The van der Waals surface area contributed by atoms with E-state index in [2.05, 4.69) is 12.2 Å². The van der Waals surface area contributed by atoms with E-state index in [0.29, 0.717) is 0 Å². The lowest BCUT2D eigenvalue weighted by atomic mass is 9.83. The molecule has 15 heavy (non-hydrogen) atoms. The fourth-order valence-corrected chi connectivity index (χ4v) is 2.61. The average Bonchev–Trinajstić information content (AvgIpc) is 2.79. The van der Waals surface area contributed by atoms with E-state index in [0.717, 1.165) is 18.5 Å². The summed E-state index contributed by atoms with van der Waals surface area (Å²) in [4.78, 5) is 0. The molecule has 2 rings (SSSR count). The van der Waals surface area contributed by atoms with E-state index in [9.17, 15) is 0 Å². The van der Waals surface area contributed by atoms with E-state index in [1.807, 2.05) is 12.3 Å². The SMILES string of the molecule is CCC1CCCCC1NCc1ccoc1. The predicted octanol–water partition coefficient (Wildman–Crippen LogP) is 3.34. The lowest BCUT2D eigenvalue weighted by Gasteiger charge is -2.31. The third kappa shape index (κ3) is 2.85. The average molecular weight is 207 g/mol. The van der Waals surface area contributed by atoms with Crippen LogP contribution in [0.5, 0.6) is 0 Å². The monoisotopic (exact) mass is 207 g/mol. The zero-order valence-corrected chi connectivity index (χ0v) is 9.54. The molecule has 0 spiro atoms. The number of hydrogen-bond donors (Lipinski definition) is 1. The van der Waals surface area contributed by atoms with Crippen molar-refractivity contribution in [1.82, 2.24) is 5.32 Å². The van der Waals surface area contributed by atoms with Crippen LogP contribution in [0.2, 0.25) is 0 Å². The number of rotatable bonds is 4. The van der Waals surface area contributed by atoms with Crippen molar-refractivity contribution in [3.8, 4) is 0 Å². The van der Waals surface area contributed by atoms with Gasteiger partial charge in [0.15, 0.2) is 0 Å². The van der Waals surface area contributed by atoms with E-state index >= 15 is 0 Å². The van der Waals surface area contributed by atoms with Gasteiger partial charge < -0.3 is 9.73 Å². The van der Waals surface area contributed by atoms with Gasteiger partial charge in [-0.3, -0.25) is 0 Å². The highest BCUT2D eigenvalue weighted by Gasteiger charge is 2.22. The fourth-order valence-electron chi connectivity index (χ4n) is 2.61. The maximum Gasteiger partial charge on any atom is 0.0947 e. The largest absolute Gasteiger partial charge is 0.472 e. The topological polar surface area (TPSA) is 25.2 Å². The molecule has 1 aliphatic rings. The molecule has 1 saturated carbocycles. The van der Waals surface area contributed by atoms with E-state index < -0.39 is 0 Å². The number of furan rings is 1. The first-order valence-corrected chi connectivity index (χ1v) is 6.14. The molecule has 1 N–H and O–H groups in total. The first-order chi connectivity index (χ1) is 7.40. The van der Waals surface area contributed by atoms with Gasteiger partial charge in [0.25, 0.3) is 0 Å². The van der Waals surface area contributed by atoms with Gasteiger partial charge in [-0.15, -0.1) is 0 Å². The Morgan fingerprint density at radius 2 is 2.27 bits per heavy atom. The maximum absolute atomic E-state index is 5.07. The minimum absolute atomic E-state index is 0.721. The van der Waals surface area contributed by atoms with Crippen molar-refractivity contribution >= 4 is 0 Å². The Morgan fingerprint density at radius 3 is 3.00 bits per heavy atom. The fraction of sp³-hybridized carbons (Fsp3) is 0.692. The summed E-state index contributed by atoms with van der Waals surface area (Å²) in [7, 11) is 0. The molecule has 0 saturated heterocycles. The van der Waals surface area contributed by atoms with Gasteiger partial charge in [-0.05, 0) is 24.8 Å². The van der Waals surface area contributed by atoms with Gasteiger partial charge in [0.2, 0.25) is 0 Å². The van der Waals surface area contributed by atoms with Crippen LogP contribution in [0.1, 0.15) is 44.6 Å². The molecule has 0 aromatic carbocycles. The molecule has 0 amide bonds. The van der Waals surface area contributed by atoms with E-state index in [1.54, 1.807) is 6.26 Å². The Hall–Kier alpha value is -0.760. The van der Waals surface area contributed by atoms with E-state index in [4.69, 9.17) is 4.42 Å². The highest BCUT2D eigenvalue weighted by molar-refractivity contribution is 5.05. The molecule has 2 atom stereocenters. The summed E-state index contributed by atoms with van der Waals surface area (Å²) >= 11 is 0. The molecular formula is C13H21NO. The second-order valence-electron chi connectivity index (χ2n) is 4.57. The molecule has 1 aromatic rings. The third-order valence-electron chi connectivity index (χ3n) is 3.58. The molecule has 1 heterocycles. The van der Waals surface area contributed by atoms with Gasteiger partial charge in [0.1, 0.15) is 0 Å². The molecule has 1 aliphatic carbocycles. The lowest BCUT2D eigenvalue weighted by Crippen LogP contribution is -2.37. The summed E-state index contributed by atoms with van der Waals surface area (Å²) in [6.45, 7) is 3.26. The Kier molecular flexibility index (Phi) is 3.84.